The number of rotatable bonds is 7. The van der Waals surface area contributed by atoms with E-state index in [-0.39, 0.29) is 44.1 Å². The van der Waals surface area contributed by atoms with Crippen LogP contribution in [0.4, 0.5) is 4.39 Å². The number of sulfonamides is 1. The van der Waals surface area contributed by atoms with Crippen molar-refractivity contribution in [2.45, 2.75) is 144 Å². The zero-order valence-electron chi connectivity index (χ0n) is 32.9. The van der Waals surface area contributed by atoms with Crippen molar-refractivity contribution in [2.75, 3.05) is 13.7 Å². The Morgan fingerprint density at radius 3 is 2.56 bits per heavy atom. The lowest BCUT2D eigenvalue weighted by molar-refractivity contribution is -0.154. The lowest BCUT2D eigenvalue weighted by Gasteiger charge is -2.38. The van der Waals surface area contributed by atoms with Crippen molar-refractivity contribution in [3.05, 3.63) is 41.6 Å². The first kappa shape index (κ1) is 39.6. The fourth-order valence-corrected chi connectivity index (χ4v) is 10.7. The second-order valence-corrected chi connectivity index (χ2v) is 19.7. The third-order valence-electron chi connectivity index (χ3n) is 13.3. The molecule has 6 atom stereocenters. The number of allylic oxidation sites excluding steroid dienone is 1. The smallest absolute Gasteiger partial charge is 0.306 e. The molecule has 2 aromatic rings. The molecule has 57 heavy (non-hydrogen) atoms. The molecule has 1 spiro atoms. The van der Waals surface area contributed by atoms with E-state index in [2.05, 4.69) is 10.0 Å². The van der Waals surface area contributed by atoms with Gasteiger partial charge in [0.25, 0.3) is 5.91 Å². The normalized spacial score (nSPS) is 31.8. The van der Waals surface area contributed by atoms with E-state index in [0.717, 1.165) is 38.5 Å². The van der Waals surface area contributed by atoms with Gasteiger partial charge in [-0.25, -0.2) is 17.8 Å². The van der Waals surface area contributed by atoms with Gasteiger partial charge in [0, 0.05) is 35.6 Å². The zero-order valence-corrected chi connectivity index (χ0v) is 33.8. The van der Waals surface area contributed by atoms with Gasteiger partial charge in [-0.15, -0.1) is 0 Å². The number of nitrogens with one attached hydrogen (secondary N) is 2. The van der Waals surface area contributed by atoms with Crippen LogP contribution in [0, 0.1) is 18.8 Å². The molecule has 0 bridgehead atoms. The monoisotopic (exact) mass is 808 g/mol. The number of pyridine rings is 1. The van der Waals surface area contributed by atoms with E-state index in [0.29, 0.717) is 60.0 Å². The lowest BCUT2D eigenvalue weighted by atomic mass is 9.86. The van der Waals surface area contributed by atoms with E-state index in [1.807, 2.05) is 12.2 Å². The molecule has 1 aromatic heterocycles. The van der Waals surface area contributed by atoms with Gasteiger partial charge in [-0.2, -0.15) is 0 Å². The maximum absolute atomic E-state index is 16.8. The summed E-state index contributed by atoms with van der Waals surface area (Å²) in [7, 11) is -2.50. The van der Waals surface area contributed by atoms with Crippen LogP contribution in [0.15, 0.2) is 30.4 Å². The van der Waals surface area contributed by atoms with Crippen LogP contribution in [-0.4, -0.2) is 83.7 Å². The van der Waals surface area contributed by atoms with Crippen LogP contribution >= 0.6 is 0 Å². The molecule has 1 saturated heterocycles. The number of aryl methyl sites for hydroxylation is 1. The van der Waals surface area contributed by atoms with Gasteiger partial charge in [0.2, 0.25) is 21.8 Å². The summed E-state index contributed by atoms with van der Waals surface area (Å²) in [6.07, 6.45) is 9.47. The predicted molar refractivity (Wildman–Crippen MR) is 207 cm³/mol. The summed E-state index contributed by atoms with van der Waals surface area (Å²) >= 11 is 0. The van der Waals surface area contributed by atoms with Crippen LogP contribution in [0.3, 0.4) is 0 Å². The highest BCUT2D eigenvalue weighted by Gasteiger charge is 2.64. The molecule has 3 saturated carbocycles. The van der Waals surface area contributed by atoms with Crippen molar-refractivity contribution < 1.29 is 46.2 Å². The molecular formula is C42H53FN4O9S. The number of aromatic nitrogens is 1. The molecule has 4 heterocycles. The minimum absolute atomic E-state index is 0.103. The molecule has 0 radical (unpaired) electrons. The Bertz CT molecular complexity index is 2120. The Balaban J connectivity index is 1.14. The first-order valence-electron chi connectivity index (χ1n) is 20.5. The van der Waals surface area contributed by atoms with Gasteiger partial charge in [-0.3, -0.25) is 23.9 Å². The molecule has 6 aliphatic rings. The molecule has 4 fully saturated rings. The van der Waals surface area contributed by atoms with E-state index >= 15 is 4.39 Å². The first-order valence-corrected chi connectivity index (χ1v) is 22.0. The zero-order chi connectivity index (χ0) is 40.3. The van der Waals surface area contributed by atoms with E-state index in [4.69, 9.17) is 19.2 Å². The van der Waals surface area contributed by atoms with Crippen molar-refractivity contribution in [2.24, 2.45) is 11.8 Å². The van der Waals surface area contributed by atoms with Gasteiger partial charge in [0.1, 0.15) is 41.0 Å². The number of carbonyl (C=O) groups is 4. The topological polar surface area (TPSA) is 170 Å². The molecular weight excluding hydrogens is 756 g/mol. The maximum atomic E-state index is 16.8. The molecule has 15 heteroatoms. The number of ether oxygens (including phenoxy) is 3. The van der Waals surface area contributed by atoms with Gasteiger partial charge >= 0.3 is 5.97 Å². The molecule has 2 N–H and O–H groups in total. The van der Waals surface area contributed by atoms with Crippen LogP contribution in [-0.2, 0) is 33.9 Å². The van der Waals surface area contributed by atoms with Crippen LogP contribution in [0.25, 0.3) is 10.9 Å². The highest BCUT2D eigenvalue weighted by Crippen LogP contribution is 2.52. The number of esters is 1. The van der Waals surface area contributed by atoms with Gasteiger partial charge in [-0.05, 0) is 96.3 Å². The molecule has 308 valence electrons. The summed E-state index contributed by atoms with van der Waals surface area (Å²) in [5, 5.41) is 3.44. The Morgan fingerprint density at radius 1 is 1.07 bits per heavy atom. The summed E-state index contributed by atoms with van der Waals surface area (Å²) in [5.74, 6) is -2.92. The van der Waals surface area contributed by atoms with E-state index < -0.39 is 73.7 Å². The quantitative estimate of drug-likeness (QED) is 0.266. The van der Waals surface area contributed by atoms with Crippen molar-refractivity contribution in [1.29, 1.82) is 0 Å². The third-order valence-corrected chi connectivity index (χ3v) is 15.4. The number of fused-ring (bicyclic) bond motifs is 5. The standard InChI is InChI=1S/C42H53FN4O9S/c1-25-36-35(30-20-29(54-3)15-16-32(30)44-25)31(43)22-41(56-36)23-33-37(49)45-42(39(51)46-57(52,53)40(2)17-18-40)21-27(42)12-8-6-4-5-7-11-26(38(50)47(33)24-41)19-34(48)55-28-13-9-10-14-28/h8,12,15-16,20,26-28,31,33H,4-7,9-11,13-14,17-19,21-24H2,1-3H3,(H,45,49)(H,46,51)/b12-8-/t26-,27-,31-,33+,41-,42-/m1/s1. The SMILES string of the molecule is COc1ccc2nc(C)c3c(c2c1)[C@H](F)C[C@]1(C[C@H]2C(=O)N[C@]4(C(=O)NS(=O)(=O)C5(C)CC5)C[C@H]4/C=C\CCCCC[C@H](CC(=O)OC4CCCC4)C(=O)N2C1)O3. The molecule has 3 aliphatic carbocycles. The Labute approximate surface area is 332 Å². The van der Waals surface area contributed by atoms with Crippen molar-refractivity contribution in [1.82, 2.24) is 19.9 Å². The average Bonchev–Trinajstić information content (AvgIpc) is 3.96. The highest BCUT2D eigenvalue weighted by atomic mass is 32.2. The fraction of sp³-hybridized carbons (Fsp3) is 0.643. The highest BCUT2D eigenvalue weighted by molar-refractivity contribution is 7.91. The minimum Gasteiger partial charge on any atom is -0.497 e. The Morgan fingerprint density at radius 2 is 1.82 bits per heavy atom. The number of halogens is 1. The van der Waals surface area contributed by atoms with Crippen molar-refractivity contribution >= 4 is 44.6 Å². The molecule has 0 unspecified atom stereocenters. The Kier molecular flexibility index (Phi) is 10.3. The summed E-state index contributed by atoms with van der Waals surface area (Å²) in [6, 6.07) is 4.01. The fourth-order valence-electron chi connectivity index (χ4n) is 9.41. The first-order chi connectivity index (χ1) is 27.2. The van der Waals surface area contributed by atoms with E-state index in [1.54, 1.807) is 32.0 Å². The summed E-state index contributed by atoms with van der Waals surface area (Å²) < 4.78 is 62.5. The molecule has 1 aromatic carbocycles. The number of carbonyl (C=O) groups excluding carboxylic acids is 4. The number of methoxy groups -OCH3 is 1. The minimum atomic E-state index is -4.02. The Hall–Kier alpha value is -4.27. The van der Waals surface area contributed by atoms with Crippen molar-refractivity contribution in [3.8, 4) is 11.5 Å². The van der Waals surface area contributed by atoms with Crippen LogP contribution < -0.4 is 19.5 Å². The van der Waals surface area contributed by atoms with E-state index in [1.165, 1.54) is 12.0 Å². The van der Waals surface area contributed by atoms with Gasteiger partial charge in [0.05, 0.1) is 36.0 Å². The summed E-state index contributed by atoms with van der Waals surface area (Å²) in [6.45, 7) is 3.16. The number of nitrogens with zero attached hydrogens (tertiary/aromatic N) is 2. The van der Waals surface area contributed by atoms with Crippen LogP contribution in [0.2, 0.25) is 0 Å². The van der Waals surface area contributed by atoms with Crippen LogP contribution in [0.1, 0.15) is 121 Å². The van der Waals surface area contributed by atoms with E-state index in [9.17, 15) is 27.6 Å². The number of benzene rings is 1. The second kappa shape index (κ2) is 14.8. The van der Waals surface area contributed by atoms with Gasteiger partial charge in [-0.1, -0.05) is 25.0 Å². The molecule has 3 amide bonds. The van der Waals surface area contributed by atoms with Gasteiger partial charge in [0.15, 0.2) is 0 Å². The number of hydrogen-bond acceptors (Lipinski definition) is 10. The third kappa shape index (κ3) is 7.49. The second-order valence-electron chi connectivity index (χ2n) is 17.5. The molecule has 8 rings (SSSR count). The van der Waals surface area contributed by atoms with Crippen molar-refractivity contribution in [3.63, 3.8) is 0 Å². The number of amides is 3. The van der Waals surface area contributed by atoms with Gasteiger partial charge < -0.3 is 24.4 Å². The summed E-state index contributed by atoms with van der Waals surface area (Å²) in [5.41, 5.74) is -1.58. The summed E-state index contributed by atoms with van der Waals surface area (Å²) in [4.78, 5) is 63.0. The number of hydrogen-bond donors (Lipinski definition) is 2. The predicted octanol–water partition coefficient (Wildman–Crippen LogP) is 5.57. The van der Waals surface area contributed by atoms with Crippen LogP contribution in [0.5, 0.6) is 11.5 Å². The largest absolute Gasteiger partial charge is 0.497 e. The molecule has 3 aliphatic heterocycles. The average molecular weight is 809 g/mol. The maximum Gasteiger partial charge on any atom is 0.306 e. The lowest BCUT2D eigenvalue weighted by Crippen LogP contribution is -2.57. The number of alkyl halides is 1. The molecule has 13 nitrogen and oxygen atoms in total.